The van der Waals surface area contributed by atoms with Crippen molar-refractivity contribution in [1.82, 2.24) is 4.98 Å². The zero-order chi connectivity index (χ0) is 11.5. The molecule has 0 aliphatic heterocycles. The van der Waals surface area contributed by atoms with E-state index in [0.717, 1.165) is 23.1 Å². The highest BCUT2D eigenvalue weighted by molar-refractivity contribution is 7.22. The minimum atomic E-state index is 0.740. The maximum atomic E-state index is 4.58. The zero-order valence-electron chi connectivity index (χ0n) is 10.1. The van der Waals surface area contributed by atoms with E-state index in [2.05, 4.69) is 49.3 Å². The highest BCUT2D eigenvalue weighted by Gasteiger charge is 2.03. The van der Waals surface area contributed by atoms with E-state index >= 15 is 0 Å². The van der Waals surface area contributed by atoms with Gasteiger partial charge in [-0.3, -0.25) is 0 Å². The summed E-state index contributed by atoms with van der Waals surface area (Å²) in [4.78, 5) is 4.58. The molecule has 16 heavy (non-hydrogen) atoms. The molecule has 2 aromatic rings. The number of thiazole rings is 1. The molecular formula is C13H18N2S. The fraction of sp³-hybridized carbons (Fsp3) is 0.462. The van der Waals surface area contributed by atoms with Gasteiger partial charge in [0.15, 0.2) is 5.13 Å². The van der Waals surface area contributed by atoms with E-state index in [1.165, 1.54) is 16.7 Å². The maximum Gasteiger partial charge on any atom is 0.183 e. The van der Waals surface area contributed by atoms with E-state index in [9.17, 15) is 0 Å². The molecule has 0 radical (unpaired) electrons. The first-order valence-electron chi connectivity index (χ1n) is 5.76. The van der Waals surface area contributed by atoms with Crippen LogP contribution in [-0.2, 0) is 0 Å². The second-order valence-corrected chi connectivity index (χ2v) is 5.63. The number of aromatic nitrogens is 1. The van der Waals surface area contributed by atoms with Crippen LogP contribution in [0.1, 0.15) is 25.8 Å². The minimum absolute atomic E-state index is 0.740. The summed E-state index contributed by atoms with van der Waals surface area (Å²) in [6, 6.07) is 6.42. The van der Waals surface area contributed by atoms with Crippen molar-refractivity contribution < 1.29 is 0 Å². The van der Waals surface area contributed by atoms with Crippen molar-refractivity contribution >= 4 is 26.7 Å². The fourth-order valence-corrected chi connectivity index (χ4v) is 2.45. The van der Waals surface area contributed by atoms with Gasteiger partial charge in [0.25, 0.3) is 0 Å². The Balaban J connectivity index is 2.08. The molecule has 0 saturated heterocycles. The Morgan fingerprint density at radius 1 is 1.38 bits per heavy atom. The van der Waals surface area contributed by atoms with Crippen LogP contribution in [0, 0.1) is 12.8 Å². The van der Waals surface area contributed by atoms with Gasteiger partial charge in [0.2, 0.25) is 0 Å². The maximum absolute atomic E-state index is 4.58. The van der Waals surface area contributed by atoms with Gasteiger partial charge in [-0.15, -0.1) is 0 Å². The first-order chi connectivity index (χ1) is 7.65. The molecule has 0 bridgehead atoms. The first-order valence-corrected chi connectivity index (χ1v) is 6.58. The summed E-state index contributed by atoms with van der Waals surface area (Å²) in [6.07, 6.45) is 1.19. The molecule has 0 spiro atoms. The smallest absolute Gasteiger partial charge is 0.183 e. The van der Waals surface area contributed by atoms with Crippen molar-refractivity contribution in [2.24, 2.45) is 5.92 Å². The molecule has 86 valence electrons. The summed E-state index contributed by atoms with van der Waals surface area (Å²) in [5.41, 5.74) is 2.38. The number of aryl methyl sites for hydroxylation is 1. The number of rotatable bonds is 4. The molecule has 0 fully saturated rings. The standard InChI is InChI=1S/C13H18N2S/c1-9(2)6-7-14-13-15-11-8-10(3)4-5-12(11)16-13/h4-5,8-9H,6-7H2,1-3H3,(H,14,15). The van der Waals surface area contributed by atoms with Crippen LogP contribution in [-0.4, -0.2) is 11.5 Å². The van der Waals surface area contributed by atoms with E-state index in [1.54, 1.807) is 11.3 Å². The van der Waals surface area contributed by atoms with Crippen LogP contribution in [0.4, 0.5) is 5.13 Å². The molecule has 0 saturated carbocycles. The number of fused-ring (bicyclic) bond motifs is 1. The van der Waals surface area contributed by atoms with E-state index in [4.69, 9.17) is 0 Å². The lowest BCUT2D eigenvalue weighted by molar-refractivity contribution is 0.607. The highest BCUT2D eigenvalue weighted by Crippen LogP contribution is 2.26. The Kier molecular flexibility index (Phi) is 3.44. The molecule has 1 aromatic heterocycles. The van der Waals surface area contributed by atoms with Crippen LogP contribution in [0.2, 0.25) is 0 Å². The van der Waals surface area contributed by atoms with Gasteiger partial charge in [0, 0.05) is 6.54 Å². The summed E-state index contributed by atoms with van der Waals surface area (Å²) in [7, 11) is 0. The molecule has 0 aliphatic carbocycles. The Morgan fingerprint density at radius 3 is 2.94 bits per heavy atom. The molecule has 2 nitrogen and oxygen atoms in total. The number of hydrogen-bond donors (Lipinski definition) is 1. The van der Waals surface area contributed by atoms with Crippen molar-refractivity contribution in [3.05, 3.63) is 23.8 Å². The first kappa shape index (κ1) is 11.4. The lowest BCUT2D eigenvalue weighted by Crippen LogP contribution is -2.03. The SMILES string of the molecule is Cc1ccc2sc(NCCC(C)C)nc2c1. The van der Waals surface area contributed by atoms with Gasteiger partial charge >= 0.3 is 0 Å². The van der Waals surface area contributed by atoms with E-state index in [0.29, 0.717) is 0 Å². The normalized spacial score (nSPS) is 11.2. The molecule has 3 heteroatoms. The fourth-order valence-electron chi connectivity index (χ4n) is 1.58. The van der Waals surface area contributed by atoms with Crippen LogP contribution in [0.15, 0.2) is 18.2 Å². The van der Waals surface area contributed by atoms with Gasteiger partial charge in [-0.25, -0.2) is 4.98 Å². The van der Waals surface area contributed by atoms with Gasteiger partial charge in [-0.1, -0.05) is 31.3 Å². The third-order valence-corrected chi connectivity index (χ3v) is 3.54. The van der Waals surface area contributed by atoms with Crippen molar-refractivity contribution in [3.63, 3.8) is 0 Å². The molecule has 1 aromatic carbocycles. The molecule has 0 atom stereocenters. The molecule has 1 N–H and O–H groups in total. The van der Waals surface area contributed by atoms with Gasteiger partial charge in [-0.2, -0.15) is 0 Å². The quantitative estimate of drug-likeness (QED) is 0.862. The summed E-state index contributed by atoms with van der Waals surface area (Å²) in [6.45, 7) is 7.59. The van der Waals surface area contributed by atoms with Crippen LogP contribution in [0.25, 0.3) is 10.2 Å². The van der Waals surface area contributed by atoms with E-state index < -0.39 is 0 Å². The van der Waals surface area contributed by atoms with Crippen molar-refractivity contribution in [2.45, 2.75) is 27.2 Å². The van der Waals surface area contributed by atoms with Crippen LogP contribution in [0.3, 0.4) is 0 Å². The topological polar surface area (TPSA) is 24.9 Å². The Hall–Kier alpha value is -1.09. The van der Waals surface area contributed by atoms with Crippen molar-refractivity contribution in [3.8, 4) is 0 Å². The molecule has 0 amide bonds. The van der Waals surface area contributed by atoms with Crippen LogP contribution >= 0.6 is 11.3 Å². The number of hydrogen-bond acceptors (Lipinski definition) is 3. The lowest BCUT2D eigenvalue weighted by atomic mass is 10.1. The Labute approximate surface area is 101 Å². The average molecular weight is 234 g/mol. The van der Waals surface area contributed by atoms with Gasteiger partial charge in [0.1, 0.15) is 0 Å². The second kappa shape index (κ2) is 4.83. The van der Waals surface area contributed by atoms with Gasteiger partial charge < -0.3 is 5.32 Å². The zero-order valence-corrected chi connectivity index (χ0v) is 10.9. The summed E-state index contributed by atoms with van der Waals surface area (Å²) in [5, 5.41) is 4.44. The van der Waals surface area contributed by atoms with E-state index in [1.807, 2.05) is 0 Å². The predicted molar refractivity (Wildman–Crippen MR) is 72.3 cm³/mol. The van der Waals surface area contributed by atoms with Crippen LogP contribution < -0.4 is 5.32 Å². The molecule has 0 aliphatic rings. The number of nitrogens with zero attached hydrogens (tertiary/aromatic N) is 1. The Morgan fingerprint density at radius 2 is 2.19 bits per heavy atom. The Bertz CT molecular complexity index is 474. The van der Waals surface area contributed by atoms with E-state index in [-0.39, 0.29) is 0 Å². The molecule has 1 heterocycles. The molecule has 0 unspecified atom stereocenters. The largest absolute Gasteiger partial charge is 0.361 e. The third-order valence-electron chi connectivity index (χ3n) is 2.54. The molecule has 2 rings (SSSR count). The predicted octanol–water partition coefficient (Wildman–Crippen LogP) is 4.06. The number of anilines is 1. The highest BCUT2D eigenvalue weighted by atomic mass is 32.1. The van der Waals surface area contributed by atoms with Gasteiger partial charge in [0.05, 0.1) is 10.2 Å². The lowest BCUT2D eigenvalue weighted by Gasteiger charge is -2.04. The van der Waals surface area contributed by atoms with Crippen molar-refractivity contribution in [1.29, 1.82) is 0 Å². The number of benzene rings is 1. The number of nitrogens with one attached hydrogen (secondary N) is 1. The summed E-state index contributed by atoms with van der Waals surface area (Å²) in [5.74, 6) is 0.740. The molecular weight excluding hydrogens is 216 g/mol. The monoisotopic (exact) mass is 234 g/mol. The summed E-state index contributed by atoms with van der Waals surface area (Å²) >= 11 is 1.74. The van der Waals surface area contributed by atoms with Crippen molar-refractivity contribution in [2.75, 3.05) is 11.9 Å². The van der Waals surface area contributed by atoms with Gasteiger partial charge in [-0.05, 0) is 37.0 Å². The van der Waals surface area contributed by atoms with Crippen LogP contribution in [0.5, 0.6) is 0 Å². The summed E-state index contributed by atoms with van der Waals surface area (Å²) < 4.78 is 1.26. The third kappa shape index (κ3) is 2.73. The minimum Gasteiger partial charge on any atom is -0.361 e. The average Bonchev–Trinajstić information content (AvgIpc) is 2.58. The second-order valence-electron chi connectivity index (χ2n) is 4.60.